The second-order valence-corrected chi connectivity index (χ2v) is 7.53. The molecule has 1 amide bonds. The van der Waals surface area contributed by atoms with Gasteiger partial charge in [-0.3, -0.25) is 4.79 Å². The molecule has 3 rings (SSSR count). The lowest BCUT2D eigenvalue weighted by atomic mass is 9.79. The minimum atomic E-state index is -4.58. The molecule has 1 saturated heterocycles. The first-order valence-electron chi connectivity index (χ1n) is 9.20. The van der Waals surface area contributed by atoms with Gasteiger partial charge in [0.05, 0.1) is 17.6 Å². The second-order valence-electron chi connectivity index (χ2n) is 7.53. The number of hydrogen-bond acceptors (Lipinski definition) is 3. The van der Waals surface area contributed by atoms with Gasteiger partial charge in [0.25, 0.3) is 0 Å². The fourth-order valence-electron chi connectivity index (χ4n) is 3.34. The number of aryl methyl sites for hydroxylation is 1. The van der Waals surface area contributed by atoms with Gasteiger partial charge in [-0.1, -0.05) is 19.1 Å². The van der Waals surface area contributed by atoms with Crippen LogP contribution in [0.5, 0.6) is 0 Å². The highest BCUT2D eigenvalue weighted by Gasteiger charge is 2.38. The maximum Gasteiger partial charge on any atom is 0.407 e. The van der Waals surface area contributed by atoms with Crippen molar-refractivity contribution in [3.05, 3.63) is 59.1 Å². The number of nitrogens with one attached hydrogen (secondary N) is 1. The van der Waals surface area contributed by atoms with Crippen LogP contribution in [0.15, 0.2) is 36.5 Å². The average Bonchev–Trinajstić information content (AvgIpc) is 2.69. The van der Waals surface area contributed by atoms with Crippen LogP contribution in [-0.4, -0.2) is 24.0 Å². The van der Waals surface area contributed by atoms with E-state index in [9.17, 15) is 18.0 Å². The summed E-state index contributed by atoms with van der Waals surface area (Å²) in [6.45, 7) is 11.6. The molecule has 8 heteroatoms. The molecular formula is C21H21F3N4O. The van der Waals surface area contributed by atoms with Crippen molar-refractivity contribution in [2.45, 2.75) is 32.9 Å². The Morgan fingerprint density at radius 3 is 2.48 bits per heavy atom. The number of aromatic nitrogens is 1. The van der Waals surface area contributed by atoms with E-state index in [2.05, 4.69) is 15.1 Å². The number of alkyl halides is 3. The van der Waals surface area contributed by atoms with Crippen molar-refractivity contribution in [2.24, 2.45) is 5.41 Å². The number of amides is 1. The number of rotatable bonds is 3. The molecule has 5 nitrogen and oxygen atoms in total. The van der Waals surface area contributed by atoms with Crippen LogP contribution in [-0.2, 0) is 11.0 Å². The highest BCUT2D eigenvalue weighted by molar-refractivity contribution is 5.94. The molecule has 0 radical (unpaired) electrons. The third-order valence-electron chi connectivity index (χ3n) is 5.34. The van der Waals surface area contributed by atoms with Crippen LogP contribution in [0.4, 0.5) is 30.4 Å². The number of carbonyl (C=O) groups is 1. The Morgan fingerprint density at radius 1 is 1.24 bits per heavy atom. The van der Waals surface area contributed by atoms with Gasteiger partial charge in [-0.2, -0.15) is 13.2 Å². The first kappa shape index (κ1) is 20.6. The van der Waals surface area contributed by atoms with Gasteiger partial charge < -0.3 is 10.2 Å². The number of hydrogen-bond donors (Lipinski definition) is 1. The van der Waals surface area contributed by atoms with E-state index in [0.29, 0.717) is 37.4 Å². The molecule has 29 heavy (non-hydrogen) atoms. The molecule has 2 heterocycles. The van der Waals surface area contributed by atoms with E-state index in [1.54, 1.807) is 12.3 Å². The highest BCUT2D eigenvalue weighted by atomic mass is 19.4. The summed E-state index contributed by atoms with van der Waals surface area (Å²) >= 11 is 0. The molecule has 1 fully saturated rings. The van der Waals surface area contributed by atoms with Gasteiger partial charge in [0.1, 0.15) is 5.82 Å². The summed E-state index contributed by atoms with van der Waals surface area (Å²) in [7, 11) is 0. The van der Waals surface area contributed by atoms with Crippen LogP contribution in [0, 0.1) is 18.9 Å². The fraction of sp³-hybridized carbons (Fsp3) is 0.381. The van der Waals surface area contributed by atoms with Gasteiger partial charge in [-0.15, -0.1) is 0 Å². The van der Waals surface area contributed by atoms with Gasteiger partial charge >= 0.3 is 6.18 Å². The van der Waals surface area contributed by atoms with Crippen molar-refractivity contribution in [1.82, 2.24) is 4.98 Å². The maximum absolute atomic E-state index is 13.2. The number of anilines is 2. The standard InChI is InChI=1S/C21H21F3N4O/c1-14-4-7-18(26-13-14)27-19(29)20(2)8-10-28(11-9-20)15-5-6-17(25-3)16(12-15)21(22,23)24/h4-7,12-13H,8-11H2,1-2H3,(H,26,27,29). The minimum absolute atomic E-state index is 0.146. The topological polar surface area (TPSA) is 49.6 Å². The average molecular weight is 402 g/mol. The minimum Gasteiger partial charge on any atom is -0.372 e. The van der Waals surface area contributed by atoms with Gasteiger partial charge in [0.15, 0.2) is 5.69 Å². The number of halogens is 3. The Kier molecular flexibility index (Phi) is 5.51. The zero-order valence-corrected chi connectivity index (χ0v) is 16.2. The lowest BCUT2D eigenvalue weighted by Crippen LogP contribution is -2.45. The van der Waals surface area contributed by atoms with Crippen molar-refractivity contribution in [3.8, 4) is 0 Å². The van der Waals surface area contributed by atoms with E-state index in [-0.39, 0.29) is 5.91 Å². The molecule has 0 unspecified atom stereocenters. The molecule has 0 bridgehead atoms. The molecule has 0 aliphatic carbocycles. The molecule has 1 aliphatic heterocycles. The Labute approximate surface area is 167 Å². The van der Waals surface area contributed by atoms with Gasteiger partial charge in [-0.25, -0.2) is 9.83 Å². The van der Waals surface area contributed by atoms with E-state index < -0.39 is 22.8 Å². The van der Waals surface area contributed by atoms with Crippen LogP contribution >= 0.6 is 0 Å². The Bertz CT molecular complexity index is 940. The zero-order valence-electron chi connectivity index (χ0n) is 16.2. The van der Waals surface area contributed by atoms with Crippen molar-refractivity contribution in [3.63, 3.8) is 0 Å². The quantitative estimate of drug-likeness (QED) is 0.718. The molecular weight excluding hydrogens is 381 g/mol. The van der Waals surface area contributed by atoms with Crippen molar-refractivity contribution in [2.75, 3.05) is 23.3 Å². The normalized spacial score (nSPS) is 16.2. The monoisotopic (exact) mass is 402 g/mol. The second kappa shape index (κ2) is 7.74. The van der Waals surface area contributed by atoms with Crippen LogP contribution in [0.3, 0.4) is 0 Å². The summed E-state index contributed by atoms with van der Waals surface area (Å²) in [6, 6.07) is 7.35. The molecule has 152 valence electrons. The van der Waals surface area contributed by atoms with Crippen LogP contribution < -0.4 is 10.2 Å². The van der Waals surface area contributed by atoms with Crippen molar-refractivity contribution < 1.29 is 18.0 Å². The SMILES string of the molecule is [C-]#[N+]c1ccc(N2CCC(C)(C(=O)Nc3ccc(C)cn3)CC2)cc1C(F)(F)F. The van der Waals surface area contributed by atoms with E-state index in [0.717, 1.165) is 11.6 Å². The molecule has 1 aromatic carbocycles. The third kappa shape index (κ3) is 4.50. The van der Waals surface area contributed by atoms with E-state index in [4.69, 9.17) is 6.57 Å². The summed E-state index contributed by atoms with van der Waals surface area (Å²) in [4.78, 5) is 21.7. The summed E-state index contributed by atoms with van der Waals surface area (Å²) in [6.07, 6.45) is -1.92. The smallest absolute Gasteiger partial charge is 0.372 e. The largest absolute Gasteiger partial charge is 0.407 e. The fourth-order valence-corrected chi connectivity index (χ4v) is 3.34. The van der Waals surface area contributed by atoms with E-state index >= 15 is 0 Å². The number of carbonyl (C=O) groups excluding carboxylic acids is 1. The molecule has 0 atom stereocenters. The Hall–Kier alpha value is -3.08. The molecule has 1 N–H and O–H groups in total. The number of pyridine rings is 1. The van der Waals surface area contributed by atoms with Gasteiger partial charge in [-0.05, 0) is 43.5 Å². The van der Waals surface area contributed by atoms with E-state index in [1.165, 1.54) is 12.1 Å². The summed E-state index contributed by atoms with van der Waals surface area (Å²) in [5.41, 5.74) is -0.571. The third-order valence-corrected chi connectivity index (χ3v) is 5.34. The van der Waals surface area contributed by atoms with Crippen LogP contribution in [0.25, 0.3) is 4.85 Å². The predicted molar refractivity (Wildman–Crippen MR) is 105 cm³/mol. The van der Waals surface area contributed by atoms with Crippen LogP contribution in [0.2, 0.25) is 0 Å². The lowest BCUT2D eigenvalue weighted by molar-refractivity contribution is -0.136. The lowest BCUT2D eigenvalue weighted by Gasteiger charge is -2.39. The van der Waals surface area contributed by atoms with Crippen molar-refractivity contribution >= 4 is 23.1 Å². The Balaban J connectivity index is 1.70. The Morgan fingerprint density at radius 2 is 1.93 bits per heavy atom. The predicted octanol–water partition coefficient (Wildman–Crippen LogP) is 5.20. The summed E-state index contributed by atoms with van der Waals surface area (Å²) in [5.74, 6) is 0.335. The van der Waals surface area contributed by atoms with Crippen LogP contribution in [0.1, 0.15) is 30.9 Å². The number of piperidine rings is 1. The first-order chi connectivity index (χ1) is 13.6. The maximum atomic E-state index is 13.2. The number of nitrogens with zero attached hydrogens (tertiary/aromatic N) is 3. The van der Waals surface area contributed by atoms with Gasteiger partial charge in [0.2, 0.25) is 5.91 Å². The van der Waals surface area contributed by atoms with Gasteiger partial charge in [0, 0.05) is 25.0 Å². The first-order valence-corrected chi connectivity index (χ1v) is 9.20. The summed E-state index contributed by atoms with van der Waals surface area (Å²) < 4.78 is 39.7. The molecule has 1 aliphatic rings. The molecule has 0 spiro atoms. The highest BCUT2D eigenvalue weighted by Crippen LogP contribution is 2.40. The van der Waals surface area contributed by atoms with Crippen molar-refractivity contribution in [1.29, 1.82) is 0 Å². The zero-order chi connectivity index (χ0) is 21.2. The number of benzene rings is 1. The molecule has 1 aromatic heterocycles. The van der Waals surface area contributed by atoms with E-state index in [1.807, 2.05) is 24.8 Å². The summed E-state index contributed by atoms with van der Waals surface area (Å²) in [5, 5.41) is 2.83. The molecule has 0 saturated carbocycles. The molecule has 2 aromatic rings.